The van der Waals surface area contributed by atoms with Crippen molar-refractivity contribution in [3.05, 3.63) is 45.0 Å². The van der Waals surface area contributed by atoms with Gasteiger partial charge in [0.05, 0.1) is 35.0 Å². The maximum absolute atomic E-state index is 11.1. The first kappa shape index (κ1) is 15.0. The van der Waals surface area contributed by atoms with Crippen LogP contribution in [0.5, 0.6) is 0 Å². The smallest absolute Gasteiger partial charge is 0.278 e. The van der Waals surface area contributed by atoms with Gasteiger partial charge in [-0.15, -0.1) is 5.10 Å². The van der Waals surface area contributed by atoms with E-state index in [2.05, 4.69) is 15.3 Å². The van der Waals surface area contributed by atoms with E-state index in [0.717, 1.165) is 0 Å². The van der Waals surface area contributed by atoms with Crippen LogP contribution in [0, 0.1) is 24.0 Å². The van der Waals surface area contributed by atoms with Crippen molar-refractivity contribution in [2.24, 2.45) is 0 Å². The summed E-state index contributed by atoms with van der Waals surface area (Å²) in [4.78, 5) is 14.9. The third kappa shape index (κ3) is 3.05. The molecular weight excluding hydrogens is 274 g/mol. The lowest BCUT2D eigenvalue weighted by Crippen LogP contribution is -2.07. The summed E-state index contributed by atoms with van der Waals surface area (Å²) in [5, 5.41) is 28.6. The van der Waals surface area contributed by atoms with Gasteiger partial charge in [0.1, 0.15) is 5.69 Å². The highest BCUT2D eigenvalue weighted by atomic mass is 16.6. The molecule has 1 unspecified atom stereocenters. The fraction of sp³-hybridized carbons (Fsp3) is 0.462. The first-order valence-corrected chi connectivity index (χ1v) is 6.61. The lowest BCUT2D eigenvalue weighted by molar-refractivity contribution is -0.386. The van der Waals surface area contributed by atoms with Gasteiger partial charge in [-0.3, -0.25) is 15.1 Å². The molecule has 2 aromatic rings. The van der Waals surface area contributed by atoms with Crippen molar-refractivity contribution in [3.63, 3.8) is 0 Å². The SMILES string of the molecule is CCC(O)c1cn(Cc2ncc(C)c([N+](=O)[O-])c2C)nn1. The fourth-order valence-electron chi connectivity index (χ4n) is 2.11. The molecule has 2 aromatic heterocycles. The number of nitrogens with zero attached hydrogens (tertiary/aromatic N) is 5. The second-order valence-corrected chi connectivity index (χ2v) is 4.88. The molecule has 112 valence electrons. The number of aliphatic hydroxyl groups is 1. The van der Waals surface area contributed by atoms with Crippen LogP contribution in [-0.4, -0.2) is 30.0 Å². The van der Waals surface area contributed by atoms with Crippen molar-refractivity contribution in [1.29, 1.82) is 0 Å². The van der Waals surface area contributed by atoms with E-state index in [1.807, 2.05) is 6.92 Å². The number of pyridine rings is 1. The summed E-state index contributed by atoms with van der Waals surface area (Å²) in [6.07, 6.45) is 3.01. The molecule has 0 saturated heterocycles. The summed E-state index contributed by atoms with van der Waals surface area (Å²) < 4.78 is 1.52. The molecule has 0 fully saturated rings. The third-order valence-electron chi connectivity index (χ3n) is 3.35. The zero-order valence-corrected chi connectivity index (χ0v) is 12.1. The second-order valence-electron chi connectivity index (χ2n) is 4.88. The van der Waals surface area contributed by atoms with Gasteiger partial charge < -0.3 is 5.11 Å². The lowest BCUT2D eigenvalue weighted by atomic mass is 10.1. The molecule has 21 heavy (non-hydrogen) atoms. The molecular formula is C13H17N5O3. The van der Waals surface area contributed by atoms with E-state index in [9.17, 15) is 15.2 Å². The summed E-state index contributed by atoms with van der Waals surface area (Å²) in [5.74, 6) is 0. The highest BCUT2D eigenvalue weighted by molar-refractivity contribution is 5.47. The van der Waals surface area contributed by atoms with Gasteiger partial charge in [0.15, 0.2) is 0 Å². The second kappa shape index (κ2) is 5.96. The van der Waals surface area contributed by atoms with E-state index in [4.69, 9.17) is 0 Å². The first-order chi connectivity index (χ1) is 9.93. The molecule has 0 spiro atoms. The topological polar surface area (TPSA) is 107 Å². The number of aryl methyl sites for hydroxylation is 1. The van der Waals surface area contributed by atoms with Crippen LogP contribution in [0.1, 0.15) is 42.0 Å². The molecule has 0 aliphatic heterocycles. The number of aliphatic hydroxyl groups excluding tert-OH is 1. The van der Waals surface area contributed by atoms with Gasteiger partial charge in [0, 0.05) is 11.8 Å². The Kier molecular flexibility index (Phi) is 4.27. The predicted octanol–water partition coefficient (Wildman–Crippen LogP) is 1.69. The maximum atomic E-state index is 11.1. The average Bonchev–Trinajstić information content (AvgIpc) is 2.89. The minimum atomic E-state index is -0.653. The summed E-state index contributed by atoms with van der Waals surface area (Å²) >= 11 is 0. The van der Waals surface area contributed by atoms with Crippen LogP contribution in [0.3, 0.4) is 0 Å². The molecule has 0 bridgehead atoms. The standard InChI is InChI=1S/C13H17N5O3/c1-4-12(19)11-7-17(16-15-11)6-10-9(3)13(18(20)21)8(2)5-14-10/h5,7,12,19H,4,6H2,1-3H3. The first-order valence-electron chi connectivity index (χ1n) is 6.61. The van der Waals surface area contributed by atoms with Crippen LogP contribution in [-0.2, 0) is 6.54 Å². The molecule has 2 heterocycles. The number of nitro groups is 1. The van der Waals surface area contributed by atoms with Gasteiger partial charge in [0.25, 0.3) is 5.69 Å². The Balaban J connectivity index is 2.30. The minimum absolute atomic E-state index is 0.0777. The molecule has 0 aliphatic carbocycles. The summed E-state index contributed by atoms with van der Waals surface area (Å²) in [6.45, 7) is 5.45. The van der Waals surface area contributed by atoms with E-state index in [0.29, 0.717) is 28.9 Å². The highest BCUT2D eigenvalue weighted by Crippen LogP contribution is 2.24. The minimum Gasteiger partial charge on any atom is -0.387 e. The molecule has 0 radical (unpaired) electrons. The molecule has 0 aromatic carbocycles. The molecule has 0 saturated carbocycles. The zero-order valence-electron chi connectivity index (χ0n) is 12.1. The number of aromatic nitrogens is 4. The highest BCUT2D eigenvalue weighted by Gasteiger charge is 2.19. The van der Waals surface area contributed by atoms with Crippen molar-refractivity contribution in [3.8, 4) is 0 Å². The maximum Gasteiger partial charge on any atom is 0.278 e. The molecule has 1 atom stereocenters. The predicted molar refractivity (Wildman–Crippen MR) is 74.7 cm³/mol. The Bertz CT molecular complexity index is 668. The van der Waals surface area contributed by atoms with Crippen LogP contribution in [0.2, 0.25) is 0 Å². The van der Waals surface area contributed by atoms with Crippen LogP contribution < -0.4 is 0 Å². The Hall–Kier alpha value is -2.35. The normalized spacial score (nSPS) is 12.4. The zero-order chi connectivity index (χ0) is 15.6. The number of hydrogen-bond acceptors (Lipinski definition) is 6. The van der Waals surface area contributed by atoms with Crippen LogP contribution in [0.15, 0.2) is 12.4 Å². The van der Waals surface area contributed by atoms with E-state index in [1.165, 1.54) is 10.9 Å². The van der Waals surface area contributed by atoms with E-state index >= 15 is 0 Å². The van der Waals surface area contributed by atoms with Gasteiger partial charge in [-0.2, -0.15) is 0 Å². The van der Waals surface area contributed by atoms with Gasteiger partial charge in [-0.25, -0.2) is 4.68 Å². The van der Waals surface area contributed by atoms with Crippen LogP contribution in [0.4, 0.5) is 5.69 Å². The Labute approximate surface area is 121 Å². The third-order valence-corrected chi connectivity index (χ3v) is 3.35. The van der Waals surface area contributed by atoms with Crippen molar-refractivity contribution in [2.45, 2.75) is 39.8 Å². The van der Waals surface area contributed by atoms with Crippen molar-refractivity contribution < 1.29 is 10.0 Å². The average molecular weight is 291 g/mol. The van der Waals surface area contributed by atoms with Gasteiger partial charge >= 0.3 is 0 Å². The summed E-state index contributed by atoms with van der Waals surface area (Å²) in [6, 6.07) is 0. The molecule has 2 rings (SSSR count). The van der Waals surface area contributed by atoms with Crippen molar-refractivity contribution in [2.75, 3.05) is 0 Å². The molecule has 8 nitrogen and oxygen atoms in total. The van der Waals surface area contributed by atoms with Gasteiger partial charge in [-0.1, -0.05) is 12.1 Å². The van der Waals surface area contributed by atoms with E-state index in [-0.39, 0.29) is 12.2 Å². The quantitative estimate of drug-likeness (QED) is 0.663. The Morgan fingerprint density at radius 2 is 2.19 bits per heavy atom. The number of rotatable bonds is 5. The fourth-order valence-corrected chi connectivity index (χ4v) is 2.11. The monoisotopic (exact) mass is 291 g/mol. The van der Waals surface area contributed by atoms with E-state index in [1.54, 1.807) is 20.0 Å². The summed E-state index contributed by atoms with van der Waals surface area (Å²) in [7, 11) is 0. The van der Waals surface area contributed by atoms with Crippen molar-refractivity contribution in [1.82, 2.24) is 20.0 Å². The molecule has 0 aliphatic rings. The van der Waals surface area contributed by atoms with Gasteiger partial charge in [0.2, 0.25) is 0 Å². The Morgan fingerprint density at radius 3 is 2.81 bits per heavy atom. The van der Waals surface area contributed by atoms with Gasteiger partial charge in [-0.05, 0) is 20.3 Å². The molecule has 1 N–H and O–H groups in total. The number of hydrogen-bond donors (Lipinski definition) is 1. The molecule has 8 heteroatoms. The lowest BCUT2D eigenvalue weighted by Gasteiger charge is -2.07. The van der Waals surface area contributed by atoms with E-state index < -0.39 is 11.0 Å². The largest absolute Gasteiger partial charge is 0.387 e. The van der Waals surface area contributed by atoms with Crippen LogP contribution in [0.25, 0.3) is 0 Å². The molecule has 0 amide bonds. The van der Waals surface area contributed by atoms with Crippen molar-refractivity contribution >= 4 is 5.69 Å². The van der Waals surface area contributed by atoms with Crippen LogP contribution >= 0.6 is 0 Å². The summed E-state index contributed by atoms with van der Waals surface area (Å²) in [5.41, 5.74) is 2.18. The Morgan fingerprint density at radius 1 is 1.48 bits per heavy atom.